The molecule has 1 fully saturated rings. The number of thiophene rings is 1. The van der Waals surface area contributed by atoms with Crippen LogP contribution in [0.25, 0.3) is 0 Å². The Labute approximate surface area is 180 Å². The summed E-state index contributed by atoms with van der Waals surface area (Å²) in [6.45, 7) is 2.28. The molecule has 1 aliphatic rings. The van der Waals surface area contributed by atoms with Crippen molar-refractivity contribution < 1.29 is 9.59 Å². The lowest BCUT2D eigenvalue weighted by Gasteiger charge is -2.22. The number of hydrogen-bond acceptors (Lipinski definition) is 5. The zero-order chi connectivity index (χ0) is 20.8. The maximum absolute atomic E-state index is 13.0. The van der Waals surface area contributed by atoms with Gasteiger partial charge in [-0.25, -0.2) is 0 Å². The Morgan fingerprint density at radius 2 is 1.97 bits per heavy atom. The van der Waals surface area contributed by atoms with Gasteiger partial charge in [0.2, 0.25) is 5.91 Å². The number of nitrogens with zero attached hydrogens (tertiary/aromatic N) is 2. The zero-order valence-corrected chi connectivity index (χ0v) is 17.5. The zero-order valence-electron chi connectivity index (χ0n) is 16.6. The molecule has 1 saturated heterocycles. The van der Waals surface area contributed by atoms with E-state index in [1.807, 2.05) is 41.8 Å². The van der Waals surface area contributed by atoms with Gasteiger partial charge in [0.1, 0.15) is 0 Å². The number of carbonyl (C=O) groups is 2. The molecule has 7 heteroatoms. The molecule has 3 heterocycles. The molecule has 0 saturated carbocycles. The van der Waals surface area contributed by atoms with Crippen LogP contribution in [0, 0.1) is 0 Å². The molecular weight excluding hydrogens is 396 g/mol. The Morgan fingerprint density at radius 1 is 1.10 bits per heavy atom. The van der Waals surface area contributed by atoms with Crippen LogP contribution in [0.15, 0.2) is 60.2 Å². The molecule has 0 bridgehead atoms. The van der Waals surface area contributed by atoms with Crippen LogP contribution >= 0.6 is 11.3 Å². The van der Waals surface area contributed by atoms with Gasteiger partial charge in [0.25, 0.3) is 5.91 Å². The van der Waals surface area contributed by atoms with Crippen LogP contribution in [0.4, 0.5) is 11.4 Å². The van der Waals surface area contributed by atoms with Crippen molar-refractivity contribution in [3.8, 4) is 0 Å². The number of benzene rings is 1. The minimum absolute atomic E-state index is 0.0897. The molecule has 154 valence electrons. The molecular formula is C23H24N4O2S. The SMILES string of the molecule is O=C(Cc1cccs1)Nc1ccc(N2CCCC2)c(C(=O)NCc2cccnc2)c1. The van der Waals surface area contributed by atoms with Crippen LogP contribution in [0.2, 0.25) is 0 Å². The van der Waals surface area contributed by atoms with Gasteiger partial charge in [0.05, 0.1) is 12.0 Å². The summed E-state index contributed by atoms with van der Waals surface area (Å²) in [6.07, 6.45) is 6.02. The van der Waals surface area contributed by atoms with Gasteiger partial charge in [-0.3, -0.25) is 14.6 Å². The summed E-state index contributed by atoms with van der Waals surface area (Å²) in [5.74, 6) is -0.247. The molecule has 0 radical (unpaired) electrons. The van der Waals surface area contributed by atoms with Crippen molar-refractivity contribution in [1.29, 1.82) is 0 Å². The van der Waals surface area contributed by atoms with Gasteiger partial charge in [-0.15, -0.1) is 11.3 Å². The molecule has 4 rings (SSSR count). The summed E-state index contributed by atoms with van der Waals surface area (Å²) in [6, 6.07) is 13.2. The van der Waals surface area contributed by atoms with Gasteiger partial charge in [-0.05, 0) is 54.1 Å². The first kappa shape index (κ1) is 20.1. The van der Waals surface area contributed by atoms with Crippen LogP contribution in [-0.2, 0) is 17.8 Å². The number of rotatable bonds is 7. The summed E-state index contributed by atoms with van der Waals surface area (Å²) in [5, 5.41) is 7.86. The van der Waals surface area contributed by atoms with Crippen molar-refractivity contribution in [3.05, 3.63) is 76.2 Å². The molecule has 0 atom stereocenters. The normalized spacial score (nSPS) is 13.3. The van der Waals surface area contributed by atoms with Crippen LogP contribution in [-0.4, -0.2) is 29.9 Å². The van der Waals surface area contributed by atoms with E-state index in [9.17, 15) is 9.59 Å². The maximum Gasteiger partial charge on any atom is 0.253 e. The standard InChI is InChI=1S/C23H24N4O2S/c28-22(14-19-6-4-12-30-19)26-18-7-8-21(27-10-1-2-11-27)20(13-18)23(29)25-16-17-5-3-9-24-15-17/h3-9,12-13,15H,1-2,10-11,14,16H2,(H,25,29)(H,26,28). The monoisotopic (exact) mass is 420 g/mol. The van der Waals surface area contributed by atoms with Crippen molar-refractivity contribution >= 4 is 34.5 Å². The van der Waals surface area contributed by atoms with E-state index in [1.54, 1.807) is 29.8 Å². The van der Waals surface area contributed by atoms with Crippen LogP contribution in [0.3, 0.4) is 0 Å². The molecule has 1 aromatic carbocycles. The second kappa shape index (κ2) is 9.54. The number of nitrogens with one attached hydrogen (secondary N) is 2. The predicted octanol–water partition coefficient (Wildman–Crippen LogP) is 3.85. The number of amides is 2. The number of hydrogen-bond donors (Lipinski definition) is 2. The largest absolute Gasteiger partial charge is 0.371 e. The van der Waals surface area contributed by atoms with Gasteiger partial charge in [0, 0.05) is 48.3 Å². The number of anilines is 2. The van der Waals surface area contributed by atoms with Crippen LogP contribution < -0.4 is 15.5 Å². The summed E-state index contributed by atoms with van der Waals surface area (Å²) in [4.78, 5) is 32.7. The second-order valence-corrected chi connectivity index (χ2v) is 8.31. The molecule has 3 aromatic rings. The van der Waals surface area contributed by atoms with Crippen molar-refractivity contribution in [2.75, 3.05) is 23.3 Å². The Balaban J connectivity index is 1.51. The first-order chi connectivity index (χ1) is 14.7. The Kier molecular flexibility index (Phi) is 6.39. The number of pyridine rings is 1. The van der Waals surface area contributed by atoms with E-state index in [4.69, 9.17) is 0 Å². The Morgan fingerprint density at radius 3 is 2.70 bits per heavy atom. The lowest BCUT2D eigenvalue weighted by Crippen LogP contribution is -2.27. The van der Waals surface area contributed by atoms with Gasteiger partial charge >= 0.3 is 0 Å². The third kappa shape index (κ3) is 5.04. The molecule has 2 N–H and O–H groups in total. The summed E-state index contributed by atoms with van der Waals surface area (Å²) < 4.78 is 0. The van der Waals surface area contributed by atoms with E-state index in [0.717, 1.165) is 42.1 Å². The number of carbonyl (C=O) groups excluding carboxylic acids is 2. The predicted molar refractivity (Wildman–Crippen MR) is 120 cm³/mol. The fourth-order valence-electron chi connectivity index (χ4n) is 3.59. The van der Waals surface area contributed by atoms with Crippen LogP contribution in [0.1, 0.15) is 33.6 Å². The lowest BCUT2D eigenvalue weighted by atomic mass is 10.1. The smallest absolute Gasteiger partial charge is 0.253 e. The van der Waals surface area contributed by atoms with E-state index in [1.165, 1.54) is 0 Å². The highest BCUT2D eigenvalue weighted by atomic mass is 32.1. The van der Waals surface area contributed by atoms with Gasteiger partial charge in [-0.1, -0.05) is 12.1 Å². The minimum Gasteiger partial charge on any atom is -0.371 e. The first-order valence-corrected chi connectivity index (χ1v) is 11.0. The fraction of sp³-hybridized carbons (Fsp3) is 0.261. The third-order valence-corrected chi connectivity index (χ3v) is 5.94. The first-order valence-electron chi connectivity index (χ1n) is 10.1. The lowest BCUT2D eigenvalue weighted by molar-refractivity contribution is -0.115. The van der Waals surface area contributed by atoms with E-state index in [-0.39, 0.29) is 11.8 Å². The van der Waals surface area contributed by atoms with Gasteiger partial charge < -0.3 is 15.5 Å². The molecule has 0 unspecified atom stereocenters. The molecule has 0 aliphatic carbocycles. The third-order valence-electron chi connectivity index (χ3n) is 5.06. The fourth-order valence-corrected chi connectivity index (χ4v) is 4.29. The van der Waals surface area contributed by atoms with E-state index in [2.05, 4.69) is 20.5 Å². The average molecular weight is 421 g/mol. The maximum atomic E-state index is 13.0. The van der Waals surface area contributed by atoms with E-state index >= 15 is 0 Å². The highest BCUT2D eigenvalue weighted by molar-refractivity contribution is 7.10. The van der Waals surface area contributed by atoms with Crippen molar-refractivity contribution in [3.63, 3.8) is 0 Å². The molecule has 1 aliphatic heterocycles. The summed E-state index contributed by atoms with van der Waals surface area (Å²) >= 11 is 1.56. The minimum atomic E-state index is -0.157. The van der Waals surface area contributed by atoms with Crippen molar-refractivity contribution in [1.82, 2.24) is 10.3 Å². The molecule has 0 spiro atoms. The highest BCUT2D eigenvalue weighted by Crippen LogP contribution is 2.28. The van der Waals surface area contributed by atoms with Gasteiger partial charge in [-0.2, -0.15) is 0 Å². The Hall–Kier alpha value is -3.19. The molecule has 2 amide bonds. The molecule has 2 aromatic heterocycles. The second-order valence-electron chi connectivity index (χ2n) is 7.27. The van der Waals surface area contributed by atoms with Gasteiger partial charge in [0.15, 0.2) is 0 Å². The van der Waals surface area contributed by atoms with Crippen molar-refractivity contribution in [2.24, 2.45) is 0 Å². The van der Waals surface area contributed by atoms with Crippen LogP contribution in [0.5, 0.6) is 0 Å². The molecule has 6 nitrogen and oxygen atoms in total. The quantitative estimate of drug-likeness (QED) is 0.609. The van der Waals surface area contributed by atoms with E-state index in [0.29, 0.717) is 24.2 Å². The summed E-state index contributed by atoms with van der Waals surface area (Å²) in [7, 11) is 0. The van der Waals surface area contributed by atoms with Crippen molar-refractivity contribution in [2.45, 2.75) is 25.8 Å². The Bertz CT molecular complexity index is 999. The highest BCUT2D eigenvalue weighted by Gasteiger charge is 2.20. The topological polar surface area (TPSA) is 74.3 Å². The summed E-state index contributed by atoms with van der Waals surface area (Å²) in [5.41, 5.74) is 3.06. The van der Waals surface area contributed by atoms with E-state index < -0.39 is 0 Å². The average Bonchev–Trinajstić information content (AvgIpc) is 3.47. The molecule has 30 heavy (non-hydrogen) atoms. The number of aromatic nitrogens is 1.